The van der Waals surface area contributed by atoms with E-state index in [0.29, 0.717) is 43.5 Å². The molecule has 140 valence electrons. The lowest BCUT2D eigenvalue weighted by Gasteiger charge is -2.10. The fraction of sp³-hybridized carbons (Fsp3) is 0.444. The highest BCUT2D eigenvalue weighted by Crippen LogP contribution is 2.21. The fourth-order valence-electron chi connectivity index (χ4n) is 2.58. The number of pyridine rings is 2. The van der Waals surface area contributed by atoms with Crippen LogP contribution in [-0.2, 0) is 25.6 Å². The smallest absolute Gasteiger partial charge is 0.249 e. The minimum absolute atomic E-state index is 0.0550. The molecule has 0 radical (unpaired) electrons. The van der Waals surface area contributed by atoms with Crippen molar-refractivity contribution in [3.8, 4) is 0 Å². The molecule has 8 heteroatoms. The summed E-state index contributed by atoms with van der Waals surface area (Å²) in [4.78, 5) is 4.17. The molecule has 2 saturated heterocycles. The predicted octanol–water partition coefficient (Wildman–Crippen LogP) is 1.29. The van der Waals surface area contributed by atoms with Gasteiger partial charge in [-0.25, -0.2) is 0 Å². The monoisotopic (exact) mass is 362 g/mol. The van der Waals surface area contributed by atoms with Gasteiger partial charge in [-0.1, -0.05) is 6.07 Å². The van der Waals surface area contributed by atoms with Crippen LogP contribution in [0.3, 0.4) is 0 Å². The lowest BCUT2D eigenvalue weighted by Crippen LogP contribution is -2.36. The summed E-state index contributed by atoms with van der Waals surface area (Å²) >= 11 is 0. The molecule has 4 rings (SSSR count). The first-order chi connectivity index (χ1) is 12.7. The van der Waals surface area contributed by atoms with E-state index in [-0.39, 0.29) is 12.9 Å². The number of aromatic nitrogens is 2. The topological polar surface area (TPSA) is 97.0 Å². The third kappa shape index (κ3) is 4.54. The molecule has 4 heterocycles. The summed E-state index contributed by atoms with van der Waals surface area (Å²) in [5.74, 6) is 0. The van der Waals surface area contributed by atoms with Crippen LogP contribution in [0.25, 0.3) is 0 Å². The van der Waals surface area contributed by atoms with Crippen molar-refractivity contribution in [2.45, 2.75) is 26.1 Å². The number of aliphatic hydroxyl groups is 1. The molecule has 2 fully saturated rings. The molecule has 1 N–H and O–H groups in total. The van der Waals surface area contributed by atoms with E-state index in [1.165, 1.54) is 0 Å². The van der Waals surface area contributed by atoms with Crippen LogP contribution in [0, 0.1) is 12.1 Å². The Balaban J connectivity index is 0.000000151. The van der Waals surface area contributed by atoms with Crippen molar-refractivity contribution in [2.75, 3.05) is 26.4 Å². The summed E-state index contributed by atoms with van der Waals surface area (Å²) in [6.45, 7) is 4.02. The van der Waals surface area contributed by atoms with Crippen molar-refractivity contribution >= 4 is 0 Å². The zero-order valence-corrected chi connectivity index (χ0v) is 14.5. The van der Waals surface area contributed by atoms with Gasteiger partial charge in [-0.05, 0) is 18.2 Å². The summed E-state index contributed by atoms with van der Waals surface area (Å²) in [5.41, 5.74) is 2.54. The third-order valence-electron chi connectivity index (χ3n) is 3.88. The Kier molecular flexibility index (Phi) is 6.48. The van der Waals surface area contributed by atoms with Crippen molar-refractivity contribution in [1.82, 2.24) is 4.98 Å². The zero-order chi connectivity index (χ0) is 18.4. The lowest BCUT2D eigenvalue weighted by atomic mass is 10.3. The second-order valence-electron chi connectivity index (χ2n) is 5.75. The molecule has 0 spiro atoms. The van der Waals surface area contributed by atoms with Crippen molar-refractivity contribution in [2.24, 2.45) is 0 Å². The molecule has 0 atom stereocenters. The Bertz CT molecular complexity index is 715. The van der Waals surface area contributed by atoms with Crippen molar-refractivity contribution in [3.05, 3.63) is 64.4 Å². The average Bonchev–Trinajstić information content (AvgIpc) is 3.38. The maximum atomic E-state index is 11.5. The van der Waals surface area contributed by atoms with Gasteiger partial charge < -0.3 is 29.3 Å². The number of aliphatic hydroxyl groups excluding tert-OH is 1. The summed E-state index contributed by atoms with van der Waals surface area (Å²) in [7, 11) is 0. The van der Waals surface area contributed by atoms with Crippen LogP contribution >= 0.6 is 0 Å². The lowest BCUT2D eigenvalue weighted by molar-refractivity contribution is -0.628. The number of hydrogen-bond acceptors (Lipinski definition) is 7. The van der Waals surface area contributed by atoms with Crippen LogP contribution in [0.5, 0.6) is 0 Å². The van der Waals surface area contributed by atoms with E-state index in [9.17, 15) is 5.21 Å². The first-order valence-electron chi connectivity index (χ1n) is 8.41. The summed E-state index contributed by atoms with van der Waals surface area (Å²) in [6.07, 6.45) is -0.844. The summed E-state index contributed by atoms with van der Waals surface area (Å²) in [6, 6.07) is 10.7. The number of rotatable bonds is 3. The highest BCUT2D eigenvalue weighted by atomic mass is 16.7. The van der Waals surface area contributed by atoms with Gasteiger partial charge in [0.05, 0.1) is 44.4 Å². The number of ether oxygens (including phenoxy) is 4. The second-order valence-corrected chi connectivity index (χ2v) is 5.75. The maximum absolute atomic E-state index is 11.5. The van der Waals surface area contributed by atoms with Gasteiger partial charge >= 0.3 is 0 Å². The molecule has 0 saturated carbocycles. The van der Waals surface area contributed by atoms with E-state index in [2.05, 4.69) is 4.98 Å². The molecule has 2 aliphatic heterocycles. The molecule has 2 aliphatic rings. The SMILES string of the molecule is Cc1cccc(C2OCCO2)[n+]1[O-].OCc1cccc(C2OCCO2)n1. The molecule has 26 heavy (non-hydrogen) atoms. The largest absolute Gasteiger partial charge is 0.618 e. The Morgan fingerprint density at radius 2 is 1.62 bits per heavy atom. The molecule has 2 aromatic heterocycles. The Morgan fingerprint density at radius 3 is 2.27 bits per heavy atom. The van der Waals surface area contributed by atoms with Gasteiger partial charge in [-0.3, -0.25) is 4.98 Å². The summed E-state index contributed by atoms with van der Waals surface area (Å²) < 4.78 is 21.9. The van der Waals surface area contributed by atoms with E-state index in [0.717, 1.165) is 10.4 Å². The van der Waals surface area contributed by atoms with E-state index in [1.807, 2.05) is 18.2 Å². The highest BCUT2D eigenvalue weighted by molar-refractivity contribution is 5.12. The quantitative estimate of drug-likeness (QED) is 0.649. The normalized spacial score (nSPS) is 17.9. The number of aryl methyl sites for hydroxylation is 1. The molecule has 0 unspecified atom stereocenters. The van der Waals surface area contributed by atoms with Crippen LogP contribution in [0.4, 0.5) is 0 Å². The van der Waals surface area contributed by atoms with E-state index < -0.39 is 6.29 Å². The standard InChI is InChI=1S/2C9H11NO3/c1-7-3-2-4-8(10(7)11)9-12-5-6-13-9;11-6-7-2-1-3-8(10-7)9-12-4-5-13-9/h2-4,9H,5-6H2,1H3;1-3,9,11H,4-6H2. The van der Waals surface area contributed by atoms with Crippen molar-refractivity contribution in [3.63, 3.8) is 0 Å². The van der Waals surface area contributed by atoms with Crippen LogP contribution in [0.15, 0.2) is 36.4 Å². The highest BCUT2D eigenvalue weighted by Gasteiger charge is 2.26. The molecule has 0 aliphatic carbocycles. The number of hydrogen-bond donors (Lipinski definition) is 1. The maximum Gasteiger partial charge on any atom is 0.249 e. The van der Waals surface area contributed by atoms with Gasteiger partial charge in [-0.2, -0.15) is 4.73 Å². The van der Waals surface area contributed by atoms with E-state index >= 15 is 0 Å². The van der Waals surface area contributed by atoms with E-state index in [1.54, 1.807) is 25.1 Å². The second kappa shape index (κ2) is 9.02. The molecule has 0 bridgehead atoms. The first-order valence-corrected chi connectivity index (χ1v) is 8.41. The Hall–Kier alpha value is -2.10. The van der Waals surface area contributed by atoms with Gasteiger partial charge in [0.2, 0.25) is 18.3 Å². The average molecular weight is 362 g/mol. The van der Waals surface area contributed by atoms with Crippen molar-refractivity contribution < 1.29 is 28.8 Å². The van der Waals surface area contributed by atoms with Gasteiger partial charge in [-0.15, -0.1) is 0 Å². The van der Waals surface area contributed by atoms with Crippen LogP contribution in [-0.4, -0.2) is 36.5 Å². The molecule has 8 nitrogen and oxygen atoms in total. The third-order valence-corrected chi connectivity index (χ3v) is 3.88. The molecule has 0 amide bonds. The van der Waals surface area contributed by atoms with Gasteiger partial charge in [0, 0.05) is 19.1 Å². The van der Waals surface area contributed by atoms with Gasteiger partial charge in [0.1, 0.15) is 0 Å². The van der Waals surface area contributed by atoms with Crippen LogP contribution < -0.4 is 4.73 Å². The minimum Gasteiger partial charge on any atom is -0.618 e. The zero-order valence-electron chi connectivity index (χ0n) is 14.5. The van der Waals surface area contributed by atoms with E-state index in [4.69, 9.17) is 24.1 Å². The molecule has 0 aromatic carbocycles. The Morgan fingerprint density at radius 1 is 1.00 bits per heavy atom. The minimum atomic E-state index is -0.489. The summed E-state index contributed by atoms with van der Waals surface area (Å²) in [5, 5.41) is 20.4. The van der Waals surface area contributed by atoms with Gasteiger partial charge in [0.25, 0.3) is 0 Å². The van der Waals surface area contributed by atoms with Crippen LogP contribution in [0.1, 0.15) is 35.4 Å². The molecule has 2 aromatic rings. The number of nitrogens with zero attached hydrogens (tertiary/aromatic N) is 2. The van der Waals surface area contributed by atoms with Crippen molar-refractivity contribution in [1.29, 1.82) is 0 Å². The van der Waals surface area contributed by atoms with Crippen LogP contribution in [0.2, 0.25) is 0 Å². The Labute approximate surface area is 151 Å². The molecular formula is C18H22N2O6. The van der Waals surface area contributed by atoms with Gasteiger partial charge in [0.15, 0.2) is 5.69 Å². The predicted molar refractivity (Wildman–Crippen MR) is 89.6 cm³/mol. The molecular weight excluding hydrogens is 340 g/mol. The first kappa shape index (κ1) is 18.7. The fourth-order valence-corrected chi connectivity index (χ4v) is 2.58.